The van der Waals surface area contributed by atoms with Crippen LogP contribution in [0.2, 0.25) is 0 Å². The number of methoxy groups -OCH3 is 1. The first-order valence-electron chi connectivity index (χ1n) is 7.83. The van der Waals surface area contributed by atoms with Crippen molar-refractivity contribution in [2.75, 3.05) is 7.11 Å². The third kappa shape index (κ3) is 2.95. The number of unbranched alkanes of at least 4 members (excludes halogenated alkanes) is 1. The molecule has 2 aliphatic rings. The van der Waals surface area contributed by atoms with Gasteiger partial charge in [-0.25, -0.2) is 0 Å². The molecule has 19 heavy (non-hydrogen) atoms. The van der Waals surface area contributed by atoms with Crippen molar-refractivity contribution >= 4 is 5.91 Å². The van der Waals surface area contributed by atoms with Crippen molar-refractivity contribution in [3.05, 3.63) is 0 Å². The maximum atomic E-state index is 12.6. The van der Waals surface area contributed by atoms with Crippen LogP contribution in [0.15, 0.2) is 0 Å². The van der Waals surface area contributed by atoms with Crippen LogP contribution in [0.4, 0.5) is 0 Å². The number of nitrogens with one attached hydrogen (secondary N) is 1. The van der Waals surface area contributed by atoms with E-state index in [0.717, 1.165) is 38.5 Å². The molecule has 4 atom stereocenters. The van der Waals surface area contributed by atoms with E-state index < -0.39 is 0 Å². The summed E-state index contributed by atoms with van der Waals surface area (Å²) < 4.78 is 5.57. The lowest BCUT2D eigenvalue weighted by molar-refractivity contribution is -0.134. The molecule has 0 radical (unpaired) electrons. The Morgan fingerprint density at radius 2 is 2.16 bits per heavy atom. The van der Waals surface area contributed by atoms with E-state index >= 15 is 0 Å². The minimum absolute atomic E-state index is 0.0306. The van der Waals surface area contributed by atoms with Gasteiger partial charge in [-0.1, -0.05) is 26.7 Å². The average Bonchev–Trinajstić information content (AvgIpc) is 3.00. The quantitative estimate of drug-likeness (QED) is 0.803. The minimum atomic E-state index is 0.0306. The van der Waals surface area contributed by atoms with Crippen molar-refractivity contribution in [3.63, 3.8) is 0 Å². The number of ether oxygens (including phenoxy) is 1. The Morgan fingerprint density at radius 1 is 1.37 bits per heavy atom. The first kappa shape index (κ1) is 14.8. The Morgan fingerprint density at radius 3 is 2.79 bits per heavy atom. The van der Waals surface area contributed by atoms with Crippen molar-refractivity contribution in [2.45, 2.75) is 83.1 Å². The monoisotopic (exact) mass is 268 g/mol. The van der Waals surface area contributed by atoms with Gasteiger partial charge < -0.3 is 9.64 Å². The first-order chi connectivity index (χ1) is 9.22. The van der Waals surface area contributed by atoms with Crippen LogP contribution >= 0.6 is 0 Å². The molecule has 0 aromatic carbocycles. The van der Waals surface area contributed by atoms with Gasteiger partial charge in [0.25, 0.3) is 0 Å². The van der Waals surface area contributed by atoms with E-state index in [1.165, 1.54) is 6.42 Å². The second-order valence-electron chi connectivity index (χ2n) is 5.80. The van der Waals surface area contributed by atoms with Gasteiger partial charge in [-0.2, -0.15) is 0 Å². The first-order valence-corrected chi connectivity index (χ1v) is 7.83. The van der Waals surface area contributed by atoms with Crippen LogP contribution in [0.25, 0.3) is 0 Å². The molecule has 1 heterocycles. The molecule has 2 rings (SSSR count). The molecule has 2 fully saturated rings. The number of hydrogen-bond donors (Lipinski definition) is 1. The summed E-state index contributed by atoms with van der Waals surface area (Å²) in [5.41, 5.74) is 0. The molecule has 4 unspecified atom stereocenters. The molecule has 0 spiro atoms. The van der Waals surface area contributed by atoms with Gasteiger partial charge in [0.15, 0.2) is 0 Å². The normalized spacial score (nSPS) is 35.3. The van der Waals surface area contributed by atoms with Crippen LogP contribution in [0.3, 0.4) is 0 Å². The van der Waals surface area contributed by atoms with E-state index in [4.69, 9.17) is 4.74 Å². The van der Waals surface area contributed by atoms with E-state index in [0.29, 0.717) is 5.91 Å². The second-order valence-corrected chi connectivity index (χ2v) is 5.80. The Kier molecular flexibility index (Phi) is 5.22. The highest BCUT2D eigenvalue weighted by Crippen LogP contribution is 2.31. The summed E-state index contributed by atoms with van der Waals surface area (Å²) in [5.74, 6) is 0.300. The zero-order valence-electron chi connectivity index (χ0n) is 12.5. The van der Waals surface area contributed by atoms with Crippen LogP contribution in [-0.2, 0) is 9.53 Å². The van der Waals surface area contributed by atoms with E-state index in [1.807, 2.05) is 0 Å². The van der Waals surface area contributed by atoms with E-state index in [-0.39, 0.29) is 24.4 Å². The SMILES string of the molecule is CCCCC1NC(CC)N(C2CCCC2OC)C1=O. The molecule has 4 heteroatoms. The Labute approximate surface area is 116 Å². The fourth-order valence-electron chi connectivity index (χ4n) is 3.54. The van der Waals surface area contributed by atoms with Crippen molar-refractivity contribution in [1.82, 2.24) is 10.2 Å². The molecule has 0 aromatic heterocycles. The molecule has 110 valence electrons. The predicted octanol–water partition coefficient (Wildman–Crippen LogP) is 2.28. The summed E-state index contributed by atoms with van der Waals surface area (Å²) in [5, 5.41) is 3.52. The summed E-state index contributed by atoms with van der Waals surface area (Å²) >= 11 is 0. The van der Waals surface area contributed by atoms with Crippen molar-refractivity contribution in [1.29, 1.82) is 0 Å². The standard InChI is InChI=1S/C15H28N2O2/c1-4-6-8-11-15(18)17(14(5-2)16-11)12-9-7-10-13(12)19-3/h11-14,16H,4-10H2,1-3H3. The van der Waals surface area contributed by atoms with Gasteiger partial charge in [-0.3, -0.25) is 10.1 Å². The van der Waals surface area contributed by atoms with Crippen LogP contribution < -0.4 is 5.32 Å². The second kappa shape index (κ2) is 6.71. The van der Waals surface area contributed by atoms with Gasteiger partial charge in [0.1, 0.15) is 0 Å². The molecular formula is C15H28N2O2. The zero-order chi connectivity index (χ0) is 13.8. The fraction of sp³-hybridized carbons (Fsp3) is 0.933. The lowest BCUT2D eigenvalue weighted by Crippen LogP contribution is -2.48. The summed E-state index contributed by atoms with van der Waals surface area (Å²) in [4.78, 5) is 14.7. The number of carbonyl (C=O) groups is 1. The largest absolute Gasteiger partial charge is 0.379 e. The van der Waals surface area contributed by atoms with Gasteiger partial charge in [0.2, 0.25) is 5.91 Å². The Bertz CT molecular complexity index is 309. The average molecular weight is 268 g/mol. The maximum absolute atomic E-state index is 12.6. The number of amides is 1. The van der Waals surface area contributed by atoms with Crippen molar-refractivity contribution < 1.29 is 9.53 Å². The lowest BCUT2D eigenvalue weighted by Gasteiger charge is -2.33. The summed E-state index contributed by atoms with van der Waals surface area (Å²) in [6.45, 7) is 4.32. The highest BCUT2D eigenvalue weighted by molar-refractivity contribution is 5.84. The molecule has 4 nitrogen and oxygen atoms in total. The van der Waals surface area contributed by atoms with E-state index in [1.54, 1.807) is 7.11 Å². The van der Waals surface area contributed by atoms with Crippen LogP contribution in [0, 0.1) is 0 Å². The summed E-state index contributed by atoms with van der Waals surface area (Å²) in [6, 6.07) is 0.310. The molecule has 1 amide bonds. The smallest absolute Gasteiger partial charge is 0.241 e. The van der Waals surface area contributed by atoms with Gasteiger partial charge in [-0.05, 0) is 32.1 Å². The fourth-order valence-corrected chi connectivity index (χ4v) is 3.54. The van der Waals surface area contributed by atoms with Crippen molar-refractivity contribution in [3.8, 4) is 0 Å². The number of hydrogen-bond acceptors (Lipinski definition) is 3. The molecule has 1 N–H and O–H groups in total. The number of carbonyl (C=O) groups excluding carboxylic acids is 1. The topological polar surface area (TPSA) is 41.6 Å². The molecule has 1 aliphatic heterocycles. The summed E-state index contributed by atoms with van der Waals surface area (Å²) in [7, 11) is 1.77. The molecule has 0 bridgehead atoms. The third-order valence-corrected chi connectivity index (χ3v) is 4.59. The Balaban J connectivity index is 2.07. The molecular weight excluding hydrogens is 240 g/mol. The van der Waals surface area contributed by atoms with Crippen LogP contribution in [0.5, 0.6) is 0 Å². The highest BCUT2D eigenvalue weighted by atomic mass is 16.5. The maximum Gasteiger partial charge on any atom is 0.241 e. The zero-order valence-corrected chi connectivity index (χ0v) is 12.5. The number of rotatable bonds is 6. The number of nitrogens with zero attached hydrogens (tertiary/aromatic N) is 1. The van der Waals surface area contributed by atoms with E-state index in [9.17, 15) is 4.79 Å². The van der Waals surface area contributed by atoms with Crippen LogP contribution in [-0.4, -0.2) is 42.3 Å². The Hall–Kier alpha value is -0.610. The molecule has 0 aromatic rings. The predicted molar refractivity (Wildman–Crippen MR) is 75.8 cm³/mol. The van der Waals surface area contributed by atoms with Crippen LogP contribution in [0.1, 0.15) is 58.8 Å². The molecule has 1 aliphatic carbocycles. The van der Waals surface area contributed by atoms with Gasteiger partial charge >= 0.3 is 0 Å². The van der Waals surface area contributed by atoms with Gasteiger partial charge in [-0.15, -0.1) is 0 Å². The molecule has 1 saturated heterocycles. The highest BCUT2D eigenvalue weighted by Gasteiger charge is 2.45. The lowest BCUT2D eigenvalue weighted by atomic mass is 10.1. The minimum Gasteiger partial charge on any atom is -0.379 e. The van der Waals surface area contributed by atoms with Gasteiger partial charge in [0.05, 0.1) is 24.4 Å². The summed E-state index contributed by atoms with van der Waals surface area (Å²) in [6.07, 6.45) is 7.97. The van der Waals surface area contributed by atoms with Crippen molar-refractivity contribution in [2.24, 2.45) is 0 Å². The van der Waals surface area contributed by atoms with Gasteiger partial charge in [0, 0.05) is 7.11 Å². The van der Waals surface area contributed by atoms with E-state index in [2.05, 4.69) is 24.1 Å². The molecule has 1 saturated carbocycles. The third-order valence-electron chi connectivity index (χ3n) is 4.59.